The fourth-order valence-electron chi connectivity index (χ4n) is 3.02. The van der Waals surface area contributed by atoms with Crippen LogP contribution in [0.2, 0.25) is 0 Å². The molecule has 4 nitrogen and oxygen atoms in total. The fourth-order valence-corrected chi connectivity index (χ4v) is 3.02. The second kappa shape index (κ2) is 7.07. The number of halogens is 1. The van der Waals surface area contributed by atoms with Crippen molar-refractivity contribution in [2.24, 2.45) is 5.92 Å². The Morgan fingerprint density at radius 3 is 2.85 bits per heavy atom. The Morgan fingerprint density at radius 1 is 1.25 bits per heavy atom. The van der Waals surface area contributed by atoms with Gasteiger partial charge in [-0.25, -0.2) is 0 Å². The van der Waals surface area contributed by atoms with Gasteiger partial charge in [-0.15, -0.1) is 12.4 Å². The van der Waals surface area contributed by atoms with Crippen LogP contribution in [0.3, 0.4) is 0 Å². The molecule has 1 saturated heterocycles. The molecule has 1 aliphatic carbocycles. The molecule has 0 radical (unpaired) electrons. The Bertz CT molecular complexity index is 441. The van der Waals surface area contributed by atoms with E-state index >= 15 is 0 Å². The number of morpholine rings is 1. The quantitative estimate of drug-likeness (QED) is 0.880. The van der Waals surface area contributed by atoms with E-state index in [1.807, 2.05) is 30.3 Å². The number of carbonyl (C=O) groups excluding carboxylic acids is 1. The van der Waals surface area contributed by atoms with Crippen molar-refractivity contribution in [2.45, 2.75) is 31.4 Å². The van der Waals surface area contributed by atoms with Gasteiger partial charge in [-0.2, -0.15) is 0 Å². The molecule has 3 atom stereocenters. The second-order valence-electron chi connectivity index (χ2n) is 5.34. The Balaban J connectivity index is 0.00000147. The van der Waals surface area contributed by atoms with E-state index in [9.17, 15) is 4.79 Å². The summed E-state index contributed by atoms with van der Waals surface area (Å²) in [5.74, 6) is 0.229. The molecule has 2 fully saturated rings. The number of fused-ring (bicyclic) bond motifs is 1. The molecular weight excluding hydrogens is 276 g/mol. The van der Waals surface area contributed by atoms with Gasteiger partial charge in [0.05, 0.1) is 12.7 Å². The Morgan fingerprint density at radius 2 is 2.05 bits per heavy atom. The molecule has 2 aliphatic rings. The molecule has 3 rings (SSSR count). The van der Waals surface area contributed by atoms with Crippen LogP contribution in [0.5, 0.6) is 0 Å². The molecule has 0 bridgehead atoms. The van der Waals surface area contributed by atoms with E-state index in [0.717, 1.165) is 38.1 Å². The first kappa shape index (κ1) is 15.3. The summed E-state index contributed by atoms with van der Waals surface area (Å²) >= 11 is 0. The smallest absolute Gasteiger partial charge is 0.227 e. The number of para-hydroxylation sites is 1. The van der Waals surface area contributed by atoms with Crippen molar-refractivity contribution < 1.29 is 9.53 Å². The number of rotatable bonds is 2. The maximum Gasteiger partial charge on any atom is 0.227 e. The molecule has 1 aliphatic heterocycles. The third kappa shape index (κ3) is 3.51. The molecule has 1 aromatic carbocycles. The van der Waals surface area contributed by atoms with Crippen LogP contribution < -0.4 is 10.6 Å². The monoisotopic (exact) mass is 296 g/mol. The number of hydrogen-bond acceptors (Lipinski definition) is 3. The number of ether oxygens (including phenoxy) is 1. The maximum atomic E-state index is 12.3. The highest BCUT2D eigenvalue weighted by Gasteiger charge is 2.35. The molecule has 2 N–H and O–H groups in total. The number of amides is 1. The first-order chi connectivity index (χ1) is 9.33. The number of nitrogens with one attached hydrogen (secondary N) is 2. The number of hydrogen-bond donors (Lipinski definition) is 2. The summed E-state index contributed by atoms with van der Waals surface area (Å²) in [6.07, 6.45) is 3.07. The van der Waals surface area contributed by atoms with Crippen LogP contribution in [0.15, 0.2) is 30.3 Å². The molecule has 0 spiro atoms. The average Bonchev–Trinajstić information content (AvgIpc) is 2.48. The molecular formula is C15H21ClN2O2. The Kier molecular flexibility index (Phi) is 5.40. The van der Waals surface area contributed by atoms with E-state index in [-0.39, 0.29) is 24.2 Å². The molecule has 110 valence electrons. The Labute approximate surface area is 125 Å². The van der Waals surface area contributed by atoms with Gasteiger partial charge >= 0.3 is 0 Å². The lowest BCUT2D eigenvalue weighted by Gasteiger charge is -2.39. The molecule has 20 heavy (non-hydrogen) atoms. The van der Waals surface area contributed by atoms with E-state index in [0.29, 0.717) is 12.1 Å². The second-order valence-corrected chi connectivity index (χ2v) is 5.34. The molecule has 1 heterocycles. The zero-order valence-electron chi connectivity index (χ0n) is 11.4. The van der Waals surface area contributed by atoms with Crippen molar-refractivity contribution in [3.63, 3.8) is 0 Å². The number of benzene rings is 1. The van der Waals surface area contributed by atoms with Crippen molar-refractivity contribution >= 4 is 24.0 Å². The van der Waals surface area contributed by atoms with Crippen LogP contribution in [0.25, 0.3) is 0 Å². The molecule has 0 aromatic heterocycles. The van der Waals surface area contributed by atoms with Crippen LogP contribution in [0.4, 0.5) is 5.69 Å². The van der Waals surface area contributed by atoms with Crippen molar-refractivity contribution in [3.05, 3.63) is 30.3 Å². The van der Waals surface area contributed by atoms with Crippen LogP contribution in [0.1, 0.15) is 19.3 Å². The van der Waals surface area contributed by atoms with E-state index in [1.165, 1.54) is 0 Å². The lowest BCUT2D eigenvalue weighted by atomic mass is 9.82. The van der Waals surface area contributed by atoms with E-state index in [2.05, 4.69) is 10.6 Å². The zero-order chi connectivity index (χ0) is 13.1. The highest BCUT2D eigenvalue weighted by atomic mass is 35.5. The summed E-state index contributed by atoms with van der Waals surface area (Å²) in [7, 11) is 0. The molecule has 1 aromatic rings. The van der Waals surface area contributed by atoms with Gasteiger partial charge in [-0.3, -0.25) is 4.79 Å². The number of anilines is 1. The van der Waals surface area contributed by atoms with Crippen molar-refractivity contribution in [2.75, 3.05) is 18.5 Å². The minimum atomic E-state index is 0. The van der Waals surface area contributed by atoms with Gasteiger partial charge in [0.2, 0.25) is 5.91 Å². The van der Waals surface area contributed by atoms with E-state index in [4.69, 9.17) is 4.74 Å². The average molecular weight is 297 g/mol. The Hall–Kier alpha value is -1.10. The van der Waals surface area contributed by atoms with Crippen LogP contribution in [0, 0.1) is 5.92 Å². The van der Waals surface area contributed by atoms with Crippen molar-refractivity contribution in [1.82, 2.24) is 5.32 Å². The van der Waals surface area contributed by atoms with Gasteiger partial charge < -0.3 is 15.4 Å². The molecule has 1 amide bonds. The number of carbonyl (C=O) groups is 1. The fraction of sp³-hybridized carbons (Fsp3) is 0.533. The van der Waals surface area contributed by atoms with Crippen molar-refractivity contribution in [1.29, 1.82) is 0 Å². The first-order valence-corrected chi connectivity index (χ1v) is 7.04. The molecule has 0 unspecified atom stereocenters. The zero-order valence-corrected chi connectivity index (χ0v) is 12.2. The van der Waals surface area contributed by atoms with Crippen LogP contribution in [-0.2, 0) is 9.53 Å². The largest absolute Gasteiger partial charge is 0.375 e. The lowest BCUT2D eigenvalue weighted by Crippen LogP contribution is -2.52. The summed E-state index contributed by atoms with van der Waals surface area (Å²) in [5, 5.41) is 6.46. The third-order valence-corrected chi connectivity index (χ3v) is 4.04. The van der Waals surface area contributed by atoms with Gasteiger partial charge in [-0.05, 0) is 31.4 Å². The predicted molar refractivity (Wildman–Crippen MR) is 81.2 cm³/mol. The summed E-state index contributed by atoms with van der Waals surface area (Å²) < 4.78 is 5.73. The standard InChI is InChI=1S/C15H20N2O2.ClH/c18-15(17-12-4-2-1-3-5-12)11-6-7-14-13(10-11)16-8-9-19-14;/h1-5,11,13-14,16H,6-10H2,(H,17,18);1H/t11-,13+,14+;/m0./s1. The topological polar surface area (TPSA) is 50.4 Å². The van der Waals surface area contributed by atoms with E-state index in [1.54, 1.807) is 0 Å². The van der Waals surface area contributed by atoms with Crippen LogP contribution >= 0.6 is 12.4 Å². The first-order valence-electron chi connectivity index (χ1n) is 7.04. The highest BCUT2D eigenvalue weighted by Crippen LogP contribution is 2.29. The summed E-state index contributed by atoms with van der Waals surface area (Å²) in [6.45, 7) is 1.69. The summed E-state index contributed by atoms with van der Waals surface area (Å²) in [4.78, 5) is 12.3. The van der Waals surface area contributed by atoms with Gasteiger partial charge in [0.15, 0.2) is 0 Å². The van der Waals surface area contributed by atoms with Gasteiger partial charge in [0.25, 0.3) is 0 Å². The third-order valence-electron chi connectivity index (χ3n) is 4.04. The molecule has 5 heteroatoms. The summed E-state index contributed by atoms with van der Waals surface area (Å²) in [5.41, 5.74) is 0.877. The minimum absolute atomic E-state index is 0. The molecule has 1 saturated carbocycles. The van der Waals surface area contributed by atoms with Gasteiger partial charge in [0, 0.05) is 24.2 Å². The van der Waals surface area contributed by atoms with Gasteiger partial charge in [-0.1, -0.05) is 18.2 Å². The normalized spacial score (nSPS) is 28.9. The lowest BCUT2D eigenvalue weighted by molar-refractivity contribution is -0.123. The SMILES string of the molecule is Cl.O=C(Nc1ccccc1)[C@H]1CC[C@H]2OCCN[C@@H]2C1. The minimum Gasteiger partial charge on any atom is -0.375 e. The predicted octanol–water partition coefficient (Wildman–Crippen LogP) is 2.20. The summed E-state index contributed by atoms with van der Waals surface area (Å²) in [6, 6.07) is 10.0. The van der Waals surface area contributed by atoms with E-state index < -0.39 is 0 Å². The van der Waals surface area contributed by atoms with Gasteiger partial charge in [0.1, 0.15) is 0 Å². The highest BCUT2D eigenvalue weighted by molar-refractivity contribution is 5.92. The van der Waals surface area contributed by atoms with Crippen molar-refractivity contribution in [3.8, 4) is 0 Å². The maximum absolute atomic E-state index is 12.3. The van der Waals surface area contributed by atoms with Crippen LogP contribution in [-0.4, -0.2) is 31.2 Å².